The van der Waals surface area contributed by atoms with Crippen molar-refractivity contribution in [3.05, 3.63) is 105 Å². The zero-order valence-electron chi connectivity index (χ0n) is 34.1. The van der Waals surface area contributed by atoms with E-state index in [1.807, 2.05) is 9.80 Å². The minimum absolute atomic E-state index is 0.0316. The van der Waals surface area contributed by atoms with Gasteiger partial charge in [-0.1, -0.05) is 115 Å². The number of rotatable bonds is 22. The van der Waals surface area contributed by atoms with Gasteiger partial charge < -0.3 is 21.3 Å². The lowest BCUT2D eigenvalue weighted by Crippen LogP contribution is -2.34. The number of carbonyl (C=O) groups excluding carboxylic acids is 2. The number of aryl methyl sites for hydroxylation is 2. The van der Waals surface area contributed by atoms with Gasteiger partial charge in [0.1, 0.15) is 0 Å². The number of benzene rings is 2. The number of hydrogen-bond donors (Lipinski definition) is 2. The van der Waals surface area contributed by atoms with Crippen molar-refractivity contribution in [3.8, 4) is 20.9 Å². The largest absolute Gasteiger partial charge is 0.330 e. The summed E-state index contributed by atoms with van der Waals surface area (Å²) in [4.78, 5) is 38.5. The molecular formula is C48H62N4O2S2. The average molecular weight is 791 g/mol. The van der Waals surface area contributed by atoms with Gasteiger partial charge in [-0.2, -0.15) is 0 Å². The molecule has 2 atom stereocenters. The van der Waals surface area contributed by atoms with Crippen molar-refractivity contribution in [2.24, 2.45) is 23.3 Å². The van der Waals surface area contributed by atoms with E-state index in [9.17, 15) is 0 Å². The molecule has 2 amide bonds. The number of nitrogens with two attached hydrogens (primary N) is 2. The maximum absolute atomic E-state index is 15.1. The maximum Gasteiger partial charge on any atom is 0.261 e. The number of amides is 2. The van der Waals surface area contributed by atoms with Gasteiger partial charge in [-0.25, -0.2) is 0 Å². The fourth-order valence-electron chi connectivity index (χ4n) is 8.13. The summed E-state index contributed by atoms with van der Waals surface area (Å²) in [5.74, 6) is 0.638. The lowest BCUT2D eigenvalue weighted by atomic mass is 9.98. The van der Waals surface area contributed by atoms with Crippen LogP contribution in [0.1, 0.15) is 113 Å². The predicted molar refractivity (Wildman–Crippen MR) is 238 cm³/mol. The third kappa shape index (κ3) is 9.31. The number of thiophene rings is 2. The maximum atomic E-state index is 15.1. The van der Waals surface area contributed by atoms with Crippen LogP contribution in [0.3, 0.4) is 0 Å². The van der Waals surface area contributed by atoms with E-state index in [0.717, 1.165) is 119 Å². The highest BCUT2D eigenvalue weighted by molar-refractivity contribution is 7.17. The SMILES string of the molecule is CCCCC(CC)CN1C(=O)C2=C(c3ccc(-c4ccc(CCCN)cc4)s3)N(CC(CC)CCCC)C(=O)C2=C1c1ccc(-c2ccc(CCCN)cc2)s1. The van der Waals surface area contributed by atoms with E-state index in [-0.39, 0.29) is 11.8 Å². The molecule has 0 spiro atoms. The van der Waals surface area contributed by atoms with Crippen LogP contribution in [0.4, 0.5) is 0 Å². The second-order valence-corrected chi connectivity index (χ2v) is 17.8. The highest BCUT2D eigenvalue weighted by Crippen LogP contribution is 2.50. The molecule has 56 heavy (non-hydrogen) atoms. The smallest absolute Gasteiger partial charge is 0.261 e. The molecule has 2 unspecified atom stereocenters. The van der Waals surface area contributed by atoms with Crippen molar-refractivity contribution in [1.29, 1.82) is 0 Å². The van der Waals surface area contributed by atoms with Crippen LogP contribution in [-0.4, -0.2) is 47.8 Å². The molecule has 2 aromatic carbocycles. The van der Waals surface area contributed by atoms with E-state index >= 15 is 9.59 Å². The van der Waals surface area contributed by atoms with Crippen LogP contribution < -0.4 is 11.5 Å². The van der Waals surface area contributed by atoms with Crippen molar-refractivity contribution in [2.45, 2.75) is 105 Å². The van der Waals surface area contributed by atoms with E-state index in [4.69, 9.17) is 11.5 Å². The Morgan fingerprint density at radius 2 is 0.893 bits per heavy atom. The Morgan fingerprint density at radius 3 is 1.23 bits per heavy atom. The predicted octanol–water partition coefficient (Wildman–Crippen LogP) is 11.2. The summed E-state index contributed by atoms with van der Waals surface area (Å²) < 4.78 is 0. The van der Waals surface area contributed by atoms with Gasteiger partial charge in [0.2, 0.25) is 0 Å². The normalized spacial score (nSPS) is 15.5. The van der Waals surface area contributed by atoms with Crippen molar-refractivity contribution in [1.82, 2.24) is 9.80 Å². The van der Waals surface area contributed by atoms with Crippen molar-refractivity contribution in [3.63, 3.8) is 0 Å². The molecule has 4 heterocycles. The Kier molecular flexibility index (Phi) is 15.0. The van der Waals surface area contributed by atoms with Crippen LogP contribution >= 0.6 is 22.7 Å². The monoisotopic (exact) mass is 790 g/mol. The van der Waals surface area contributed by atoms with Gasteiger partial charge in [0.05, 0.1) is 32.3 Å². The molecule has 0 bridgehead atoms. The van der Waals surface area contributed by atoms with Gasteiger partial charge in [-0.15, -0.1) is 22.7 Å². The molecule has 2 aliphatic heterocycles. The molecule has 4 aromatic rings. The highest BCUT2D eigenvalue weighted by atomic mass is 32.1. The van der Waals surface area contributed by atoms with E-state index in [1.54, 1.807) is 22.7 Å². The fourth-order valence-corrected chi connectivity index (χ4v) is 10.3. The van der Waals surface area contributed by atoms with Crippen molar-refractivity contribution in [2.75, 3.05) is 26.2 Å². The minimum atomic E-state index is -0.0316. The topological polar surface area (TPSA) is 92.7 Å². The summed E-state index contributed by atoms with van der Waals surface area (Å²) in [5.41, 5.74) is 19.2. The minimum Gasteiger partial charge on any atom is -0.330 e. The van der Waals surface area contributed by atoms with E-state index in [1.165, 1.54) is 11.1 Å². The summed E-state index contributed by atoms with van der Waals surface area (Å²) in [7, 11) is 0. The van der Waals surface area contributed by atoms with E-state index < -0.39 is 0 Å². The second-order valence-electron chi connectivity index (χ2n) is 15.6. The van der Waals surface area contributed by atoms with Gasteiger partial charge >= 0.3 is 0 Å². The number of fused-ring (bicyclic) bond motifs is 1. The lowest BCUT2D eigenvalue weighted by Gasteiger charge is -2.29. The van der Waals surface area contributed by atoms with Crippen LogP contribution in [0.25, 0.3) is 32.3 Å². The number of carbonyl (C=O) groups is 2. The second kappa shape index (κ2) is 20.0. The Hall–Kier alpha value is -3.82. The highest BCUT2D eigenvalue weighted by Gasteiger charge is 2.50. The molecule has 6 rings (SSSR count). The zero-order valence-corrected chi connectivity index (χ0v) is 35.7. The molecule has 0 aliphatic carbocycles. The Bertz CT molecular complexity index is 1840. The summed E-state index contributed by atoms with van der Waals surface area (Å²) >= 11 is 3.36. The molecule has 0 saturated carbocycles. The summed E-state index contributed by atoms with van der Waals surface area (Å²) in [6, 6.07) is 26.1. The molecule has 0 fully saturated rings. The van der Waals surface area contributed by atoms with E-state index in [2.05, 4.69) is 100 Å². The molecule has 8 heteroatoms. The Morgan fingerprint density at radius 1 is 0.518 bits per heavy atom. The van der Waals surface area contributed by atoms with E-state index in [0.29, 0.717) is 49.2 Å². The summed E-state index contributed by atoms with van der Waals surface area (Å²) in [5, 5.41) is 0. The summed E-state index contributed by atoms with van der Waals surface area (Å²) in [6.45, 7) is 11.5. The molecule has 2 aliphatic rings. The first-order valence-electron chi connectivity index (χ1n) is 21.3. The third-order valence-electron chi connectivity index (χ3n) is 11.6. The lowest BCUT2D eigenvalue weighted by molar-refractivity contribution is -0.124. The van der Waals surface area contributed by atoms with Gasteiger partial charge in [-0.05, 0) is 110 Å². The molecule has 0 saturated heterocycles. The van der Waals surface area contributed by atoms with Gasteiger partial charge in [0.25, 0.3) is 11.8 Å². The van der Waals surface area contributed by atoms with Gasteiger partial charge in [0.15, 0.2) is 0 Å². The van der Waals surface area contributed by atoms with Crippen LogP contribution in [-0.2, 0) is 22.4 Å². The molecule has 0 radical (unpaired) electrons. The van der Waals surface area contributed by atoms with Gasteiger partial charge in [0, 0.05) is 22.8 Å². The first kappa shape index (κ1) is 41.8. The molecule has 4 N–H and O–H groups in total. The summed E-state index contributed by atoms with van der Waals surface area (Å²) in [6.07, 6.45) is 12.5. The van der Waals surface area contributed by atoms with Gasteiger partial charge in [-0.3, -0.25) is 9.59 Å². The number of unbranched alkanes of at least 4 members (excludes halogenated alkanes) is 2. The first-order valence-corrected chi connectivity index (χ1v) is 22.9. The molecule has 2 aromatic heterocycles. The van der Waals surface area contributed by atoms with Crippen molar-refractivity contribution >= 4 is 45.9 Å². The number of hydrogen-bond acceptors (Lipinski definition) is 6. The quantitative estimate of drug-likeness (QED) is 0.0829. The Labute approximate surface area is 343 Å². The van der Waals surface area contributed by atoms with Crippen LogP contribution in [0.5, 0.6) is 0 Å². The molecular weight excluding hydrogens is 729 g/mol. The average Bonchev–Trinajstić information content (AvgIpc) is 4.02. The van der Waals surface area contributed by atoms with Crippen LogP contribution in [0.2, 0.25) is 0 Å². The molecule has 298 valence electrons. The van der Waals surface area contributed by atoms with Crippen molar-refractivity contribution < 1.29 is 9.59 Å². The zero-order chi connectivity index (χ0) is 39.6. The Balaban J connectivity index is 1.46. The van der Waals surface area contributed by atoms with Crippen LogP contribution in [0, 0.1) is 11.8 Å². The van der Waals surface area contributed by atoms with Crippen LogP contribution in [0.15, 0.2) is 83.9 Å². The fraction of sp³-hybridized carbons (Fsp3) is 0.458. The third-order valence-corrected chi connectivity index (χ3v) is 13.9. The first-order chi connectivity index (χ1) is 27.3. The number of nitrogens with zero attached hydrogens (tertiary/aromatic N) is 2. The standard InChI is InChI=1S/C48H62N4O2S2/c1-5-9-13-33(7-3)31-51-45(41-27-25-39(55-41)37-21-17-35(18-22-37)15-11-29-49)43-44(47(51)53)46(52(48(43)54)32-34(8-4)14-10-6-2)42-28-26-40(56-42)38-23-19-36(20-24-38)16-12-30-50/h17-28,33-34H,5-16,29-32,49-50H2,1-4H3. The molecule has 6 nitrogen and oxygen atoms in total.